The van der Waals surface area contributed by atoms with E-state index in [2.05, 4.69) is 6.07 Å². The lowest BCUT2D eigenvalue weighted by Crippen LogP contribution is -2.52. The first-order chi connectivity index (χ1) is 9.58. The van der Waals surface area contributed by atoms with Gasteiger partial charge in [0, 0.05) is 11.4 Å². The summed E-state index contributed by atoms with van der Waals surface area (Å²) in [7, 11) is 0. The van der Waals surface area contributed by atoms with Crippen molar-refractivity contribution in [3.05, 3.63) is 34.9 Å². The molecule has 0 radical (unpaired) electrons. The Morgan fingerprint density at radius 2 is 2.05 bits per heavy atom. The fourth-order valence-electron chi connectivity index (χ4n) is 2.76. The van der Waals surface area contributed by atoms with Crippen molar-refractivity contribution in [3.8, 4) is 0 Å². The molecule has 0 bridgehead atoms. The van der Waals surface area contributed by atoms with Crippen LogP contribution < -0.4 is 0 Å². The molecule has 2 rings (SSSR count). The number of carbonyl (C=O) groups is 1. The first kappa shape index (κ1) is 15.3. The van der Waals surface area contributed by atoms with Gasteiger partial charge in [-0.25, -0.2) is 0 Å². The predicted octanol–water partition coefficient (Wildman–Crippen LogP) is 3.30. The Bertz CT molecular complexity index is 454. The van der Waals surface area contributed by atoms with E-state index >= 15 is 0 Å². The quantitative estimate of drug-likeness (QED) is 0.853. The van der Waals surface area contributed by atoms with Gasteiger partial charge in [0.15, 0.2) is 0 Å². The highest BCUT2D eigenvalue weighted by Gasteiger charge is 2.28. The van der Waals surface area contributed by atoms with Gasteiger partial charge in [-0.1, -0.05) is 23.7 Å². The van der Waals surface area contributed by atoms with Crippen molar-refractivity contribution in [3.63, 3.8) is 0 Å². The molecule has 0 aliphatic carbocycles. The molecule has 4 heteroatoms. The first-order valence-corrected chi connectivity index (χ1v) is 7.59. The van der Waals surface area contributed by atoms with Crippen LogP contribution in [0.2, 0.25) is 5.02 Å². The minimum Gasteiger partial charge on any atom is -0.377 e. The molecule has 3 nitrogen and oxygen atoms in total. The number of halogens is 1. The van der Waals surface area contributed by atoms with Gasteiger partial charge in [0.05, 0.1) is 25.3 Å². The fourth-order valence-corrected chi connectivity index (χ4v) is 2.97. The third-order valence-corrected chi connectivity index (χ3v) is 3.94. The van der Waals surface area contributed by atoms with E-state index in [1.54, 1.807) is 0 Å². The van der Waals surface area contributed by atoms with Crippen LogP contribution in [0.5, 0.6) is 0 Å². The summed E-state index contributed by atoms with van der Waals surface area (Å²) in [6.07, 6.45) is 2.33. The minimum absolute atomic E-state index is 0.178. The van der Waals surface area contributed by atoms with E-state index in [0.29, 0.717) is 19.6 Å². The van der Waals surface area contributed by atoms with Crippen molar-refractivity contribution in [2.24, 2.45) is 0 Å². The van der Waals surface area contributed by atoms with Crippen LogP contribution in [0.1, 0.15) is 32.3 Å². The molecular weight excluding hydrogens is 274 g/mol. The summed E-state index contributed by atoms with van der Waals surface area (Å²) in [5, 5.41) is 0.754. The monoisotopic (exact) mass is 295 g/mol. The lowest BCUT2D eigenvalue weighted by atomic mass is 10.1. The molecule has 0 saturated carbocycles. The van der Waals surface area contributed by atoms with Crippen LogP contribution >= 0.6 is 11.6 Å². The summed E-state index contributed by atoms with van der Waals surface area (Å²) >= 11 is 5.96. The van der Waals surface area contributed by atoms with Gasteiger partial charge in [0.2, 0.25) is 5.91 Å². The fraction of sp³-hybridized carbons (Fsp3) is 0.562. The number of hydrogen-bond donors (Lipinski definition) is 0. The molecule has 2 atom stereocenters. The van der Waals surface area contributed by atoms with Crippen molar-refractivity contribution < 1.29 is 9.53 Å². The Kier molecular flexibility index (Phi) is 5.44. The number of ether oxygens (including phenoxy) is 1. The Balaban J connectivity index is 1.82. The van der Waals surface area contributed by atoms with Gasteiger partial charge in [0.25, 0.3) is 0 Å². The van der Waals surface area contributed by atoms with Crippen LogP contribution in [0.15, 0.2) is 24.3 Å². The van der Waals surface area contributed by atoms with E-state index in [9.17, 15) is 4.79 Å². The number of carbonyl (C=O) groups excluding carboxylic acids is 1. The molecular formula is C16H22ClNO2. The zero-order chi connectivity index (χ0) is 14.5. The van der Waals surface area contributed by atoms with E-state index in [-0.39, 0.29) is 18.0 Å². The zero-order valence-electron chi connectivity index (χ0n) is 12.1. The van der Waals surface area contributed by atoms with Crippen molar-refractivity contribution in [2.45, 2.75) is 45.2 Å². The summed E-state index contributed by atoms with van der Waals surface area (Å²) < 4.78 is 5.45. The third-order valence-electron chi connectivity index (χ3n) is 3.70. The second-order valence-corrected chi connectivity index (χ2v) is 5.96. The molecule has 0 spiro atoms. The largest absolute Gasteiger partial charge is 0.377 e. The highest BCUT2D eigenvalue weighted by molar-refractivity contribution is 6.30. The van der Waals surface area contributed by atoms with Gasteiger partial charge in [-0.3, -0.25) is 4.79 Å². The van der Waals surface area contributed by atoms with Crippen molar-refractivity contribution in [1.29, 1.82) is 0 Å². The number of amides is 1. The van der Waals surface area contributed by atoms with Gasteiger partial charge < -0.3 is 9.64 Å². The maximum atomic E-state index is 12.3. The normalized spacial score (nSPS) is 22.9. The summed E-state index contributed by atoms with van der Waals surface area (Å²) in [6.45, 7) is 5.38. The highest BCUT2D eigenvalue weighted by atomic mass is 35.5. The number of nitrogens with zero attached hydrogens (tertiary/aromatic N) is 1. The molecule has 1 heterocycles. The predicted molar refractivity (Wildman–Crippen MR) is 81.0 cm³/mol. The molecule has 1 aliphatic heterocycles. The molecule has 1 amide bonds. The number of hydrogen-bond acceptors (Lipinski definition) is 2. The van der Waals surface area contributed by atoms with Crippen molar-refractivity contribution in [1.82, 2.24) is 4.90 Å². The number of rotatable bonds is 4. The van der Waals surface area contributed by atoms with Crippen LogP contribution in [0.3, 0.4) is 0 Å². The van der Waals surface area contributed by atoms with Crippen LogP contribution in [0, 0.1) is 0 Å². The lowest BCUT2D eigenvalue weighted by Gasteiger charge is -2.38. The molecule has 0 aromatic heterocycles. The van der Waals surface area contributed by atoms with Crippen molar-refractivity contribution in [2.75, 3.05) is 13.2 Å². The topological polar surface area (TPSA) is 29.5 Å². The first-order valence-electron chi connectivity index (χ1n) is 7.21. The Hall–Kier alpha value is -1.06. The van der Waals surface area contributed by atoms with Crippen LogP contribution in [-0.2, 0) is 16.0 Å². The minimum atomic E-state index is 0.178. The zero-order valence-corrected chi connectivity index (χ0v) is 12.9. The van der Waals surface area contributed by atoms with E-state index in [0.717, 1.165) is 17.9 Å². The van der Waals surface area contributed by atoms with Crippen LogP contribution in [0.25, 0.3) is 0 Å². The van der Waals surface area contributed by atoms with Gasteiger partial charge in [-0.2, -0.15) is 0 Å². The second kappa shape index (κ2) is 7.09. The Morgan fingerprint density at radius 1 is 1.35 bits per heavy atom. The Morgan fingerprint density at radius 3 is 2.70 bits per heavy atom. The molecule has 0 N–H and O–H groups in total. The average molecular weight is 296 g/mol. The maximum absolute atomic E-state index is 12.3. The van der Waals surface area contributed by atoms with Gasteiger partial charge in [-0.05, 0) is 44.4 Å². The summed E-state index contributed by atoms with van der Waals surface area (Å²) in [4.78, 5) is 14.3. The average Bonchev–Trinajstić information content (AvgIpc) is 2.38. The number of benzene rings is 1. The highest BCUT2D eigenvalue weighted by Crippen LogP contribution is 2.17. The summed E-state index contributed by atoms with van der Waals surface area (Å²) in [5.41, 5.74) is 1.19. The molecule has 1 saturated heterocycles. The molecule has 1 aromatic carbocycles. The summed E-state index contributed by atoms with van der Waals surface area (Å²) in [5.74, 6) is 0.232. The number of morpholine rings is 1. The van der Waals surface area contributed by atoms with Gasteiger partial charge >= 0.3 is 0 Å². The standard InChI is InChI=1S/C16H22ClNO2/c1-12-10-20-11-13(2)18(12)16(19)8-4-6-14-5-3-7-15(17)9-14/h3,5,7,9,12-13H,4,6,8,10-11H2,1-2H3. The maximum Gasteiger partial charge on any atom is 0.223 e. The van der Waals surface area contributed by atoms with E-state index in [1.165, 1.54) is 5.56 Å². The van der Waals surface area contributed by atoms with Crippen LogP contribution in [0.4, 0.5) is 0 Å². The molecule has 1 aliphatic rings. The van der Waals surface area contributed by atoms with Gasteiger partial charge in [-0.15, -0.1) is 0 Å². The van der Waals surface area contributed by atoms with Crippen molar-refractivity contribution >= 4 is 17.5 Å². The Labute approximate surface area is 125 Å². The molecule has 110 valence electrons. The van der Waals surface area contributed by atoms with Crippen LogP contribution in [-0.4, -0.2) is 36.1 Å². The number of aryl methyl sites for hydroxylation is 1. The molecule has 1 fully saturated rings. The summed E-state index contributed by atoms with van der Waals surface area (Å²) in [6, 6.07) is 8.19. The third kappa shape index (κ3) is 3.97. The van der Waals surface area contributed by atoms with E-state index in [4.69, 9.17) is 16.3 Å². The van der Waals surface area contributed by atoms with E-state index in [1.807, 2.05) is 36.9 Å². The second-order valence-electron chi connectivity index (χ2n) is 5.52. The molecule has 2 unspecified atom stereocenters. The SMILES string of the molecule is CC1COCC(C)N1C(=O)CCCc1cccc(Cl)c1. The smallest absolute Gasteiger partial charge is 0.223 e. The van der Waals surface area contributed by atoms with E-state index < -0.39 is 0 Å². The molecule has 1 aromatic rings. The van der Waals surface area contributed by atoms with Gasteiger partial charge in [0.1, 0.15) is 0 Å². The lowest BCUT2D eigenvalue weighted by molar-refractivity contribution is -0.144. The molecule has 20 heavy (non-hydrogen) atoms.